The average Bonchev–Trinajstić information content (AvgIpc) is 2.36. The lowest BCUT2D eigenvalue weighted by Gasteiger charge is -2.05. The zero-order chi connectivity index (χ0) is 15.7. The van der Waals surface area contributed by atoms with Crippen molar-refractivity contribution in [1.29, 1.82) is 0 Å². The maximum atomic E-state index is 13.8. The van der Waals surface area contributed by atoms with Crippen molar-refractivity contribution in [2.24, 2.45) is 0 Å². The number of ketones is 2. The van der Waals surface area contributed by atoms with E-state index in [0.29, 0.717) is 11.3 Å². The molecule has 0 amide bonds. The van der Waals surface area contributed by atoms with Gasteiger partial charge in [0.05, 0.1) is 5.57 Å². The standard InChI is InChI=1S/C16H13FO4/c1-8-6-14(20)15-13(17)5-4-11(16(15)21-8)7-12(9(2)18)10(3)19/h4-7H,1-3H3. The number of rotatable bonds is 3. The van der Waals surface area contributed by atoms with Gasteiger partial charge in [0.2, 0.25) is 0 Å². The molecule has 0 saturated heterocycles. The number of hydrogen-bond acceptors (Lipinski definition) is 4. The fourth-order valence-corrected chi connectivity index (χ4v) is 2.08. The molecule has 0 bridgehead atoms. The molecule has 108 valence electrons. The van der Waals surface area contributed by atoms with E-state index in [1.54, 1.807) is 6.92 Å². The number of allylic oxidation sites excluding steroid dienone is 1. The molecule has 1 aromatic carbocycles. The summed E-state index contributed by atoms with van der Waals surface area (Å²) in [5.41, 5.74) is -0.201. The molecule has 5 heteroatoms. The summed E-state index contributed by atoms with van der Waals surface area (Å²) in [4.78, 5) is 34.8. The molecule has 0 unspecified atom stereocenters. The molecule has 0 N–H and O–H groups in total. The molecule has 0 saturated carbocycles. The Kier molecular flexibility index (Phi) is 3.84. The minimum atomic E-state index is -0.705. The highest BCUT2D eigenvalue weighted by atomic mass is 19.1. The highest BCUT2D eigenvalue weighted by molar-refractivity contribution is 6.22. The lowest BCUT2D eigenvalue weighted by atomic mass is 10.0. The normalized spacial score (nSPS) is 10.5. The average molecular weight is 288 g/mol. The van der Waals surface area contributed by atoms with E-state index in [0.717, 1.165) is 6.07 Å². The van der Waals surface area contributed by atoms with Gasteiger partial charge in [0.15, 0.2) is 17.0 Å². The van der Waals surface area contributed by atoms with Gasteiger partial charge in [0, 0.05) is 11.6 Å². The van der Waals surface area contributed by atoms with Crippen LogP contribution in [0, 0.1) is 12.7 Å². The molecule has 2 aromatic rings. The molecule has 0 radical (unpaired) electrons. The molecule has 0 aliphatic heterocycles. The predicted octanol–water partition coefficient (Wildman–Crippen LogP) is 2.80. The van der Waals surface area contributed by atoms with Crippen molar-refractivity contribution in [3.63, 3.8) is 0 Å². The zero-order valence-corrected chi connectivity index (χ0v) is 11.8. The van der Waals surface area contributed by atoms with Crippen molar-refractivity contribution in [3.8, 4) is 0 Å². The van der Waals surface area contributed by atoms with E-state index in [-0.39, 0.29) is 16.5 Å². The molecule has 1 aromatic heterocycles. The van der Waals surface area contributed by atoms with Crippen molar-refractivity contribution in [3.05, 3.63) is 51.1 Å². The molecule has 0 aliphatic carbocycles. The van der Waals surface area contributed by atoms with E-state index in [4.69, 9.17) is 4.42 Å². The van der Waals surface area contributed by atoms with E-state index in [2.05, 4.69) is 0 Å². The Morgan fingerprint density at radius 1 is 1.19 bits per heavy atom. The molecule has 2 rings (SSSR count). The second-order valence-corrected chi connectivity index (χ2v) is 4.73. The minimum absolute atomic E-state index is 0.0278. The summed E-state index contributed by atoms with van der Waals surface area (Å²) < 4.78 is 19.2. The van der Waals surface area contributed by atoms with Crippen LogP contribution < -0.4 is 5.43 Å². The Bertz CT molecular complexity index is 827. The lowest BCUT2D eigenvalue weighted by Crippen LogP contribution is -2.07. The van der Waals surface area contributed by atoms with E-state index in [9.17, 15) is 18.8 Å². The van der Waals surface area contributed by atoms with Gasteiger partial charge in [-0.1, -0.05) is 0 Å². The Morgan fingerprint density at radius 2 is 1.81 bits per heavy atom. The van der Waals surface area contributed by atoms with E-state index >= 15 is 0 Å². The molecule has 0 fully saturated rings. The summed E-state index contributed by atoms with van der Waals surface area (Å²) in [6.07, 6.45) is 1.31. The van der Waals surface area contributed by atoms with Gasteiger partial charge in [-0.3, -0.25) is 14.4 Å². The number of hydrogen-bond donors (Lipinski definition) is 0. The van der Waals surface area contributed by atoms with Crippen molar-refractivity contribution in [2.45, 2.75) is 20.8 Å². The third-order valence-electron chi connectivity index (χ3n) is 3.04. The first-order valence-electron chi connectivity index (χ1n) is 6.27. The van der Waals surface area contributed by atoms with Gasteiger partial charge < -0.3 is 4.42 Å². The molecular weight excluding hydrogens is 275 g/mol. The van der Waals surface area contributed by atoms with E-state index < -0.39 is 22.8 Å². The molecule has 0 atom stereocenters. The molecular formula is C16H13FO4. The number of aryl methyl sites for hydroxylation is 1. The number of carbonyl (C=O) groups excluding carboxylic acids is 2. The highest BCUT2D eigenvalue weighted by Crippen LogP contribution is 2.23. The Labute approximate surface area is 119 Å². The number of fused-ring (bicyclic) bond motifs is 1. The Balaban J connectivity index is 2.86. The van der Waals surface area contributed by atoms with Crippen molar-refractivity contribution >= 4 is 28.6 Å². The SMILES string of the molecule is CC(=O)C(=Cc1ccc(F)c2c(=O)cc(C)oc12)C(C)=O. The zero-order valence-electron chi connectivity index (χ0n) is 11.8. The number of benzene rings is 1. The van der Waals surface area contributed by atoms with Gasteiger partial charge >= 0.3 is 0 Å². The first kappa shape index (κ1) is 14.8. The number of halogens is 1. The van der Waals surface area contributed by atoms with Crippen LogP contribution in [0.3, 0.4) is 0 Å². The third kappa shape index (κ3) is 2.81. The van der Waals surface area contributed by atoms with Crippen LogP contribution in [0.15, 0.2) is 33.0 Å². The van der Waals surface area contributed by atoms with Crippen LogP contribution in [0.5, 0.6) is 0 Å². The van der Waals surface area contributed by atoms with Crippen LogP contribution in [-0.4, -0.2) is 11.6 Å². The summed E-state index contributed by atoms with van der Waals surface area (Å²) in [6, 6.07) is 3.67. The quantitative estimate of drug-likeness (QED) is 0.495. The Morgan fingerprint density at radius 3 is 2.38 bits per heavy atom. The number of Topliss-reactive ketones (excluding diaryl/α,β-unsaturated/α-hetero) is 2. The lowest BCUT2D eigenvalue weighted by molar-refractivity contribution is -0.119. The van der Waals surface area contributed by atoms with Crippen LogP contribution in [0.1, 0.15) is 25.2 Å². The summed E-state index contributed by atoms with van der Waals surface area (Å²) >= 11 is 0. The summed E-state index contributed by atoms with van der Waals surface area (Å²) in [5, 5.41) is -0.194. The molecule has 4 nitrogen and oxygen atoms in total. The van der Waals surface area contributed by atoms with E-state index in [1.165, 1.54) is 32.1 Å². The van der Waals surface area contributed by atoms with Crippen molar-refractivity contribution < 1.29 is 18.4 Å². The maximum Gasteiger partial charge on any atom is 0.195 e. The highest BCUT2D eigenvalue weighted by Gasteiger charge is 2.15. The van der Waals surface area contributed by atoms with Crippen molar-refractivity contribution in [1.82, 2.24) is 0 Å². The summed E-state index contributed by atoms with van der Waals surface area (Å²) in [7, 11) is 0. The minimum Gasteiger partial charge on any atom is -0.460 e. The molecule has 1 heterocycles. The van der Waals surface area contributed by atoms with Gasteiger partial charge in [-0.05, 0) is 39.0 Å². The monoisotopic (exact) mass is 288 g/mol. The second-order valence-electron chi connectivity index (χ2n) is 4.73. The first-order valence-corrected chi connectivity index (χ1v) is 6.27. The van der Waals surface area contributed by atoms with Crippen LogP contribution in [0.25, 0.3) is 17.0 Å². The largest absolute Gasteiger partial charge is 0.460 e. The van der Waals surface area contributed by atoms with Crippen LogP contribution >= 0.6 is 0 Å². The number of carbonyl (C=O) groups is 2. The van der Waals surface area contributed by atoms with Crippen molar-refractivity contribution in [2.75, 3.05) is 0 Å². The van der Waals surface area contributed by atoms with Gasteiger partial charge in [-0.25, -0.2) is 4.39 Å². The van der Waals surface area contributed by atoms with Crippen LogP contribution in [0.2, 0.25) is 0 Å². The summed E-state index contributed by atoms with van der Waals surface area (Å²) in [6.45, 7) is 4.09. The molecule has 0 spiro atoms. The fourth-order valence-electron chi connectivity index (χ4n) is 2.08. The Hall–Kier alpha value is -2.56. The molecule has 0 aliphatic rings. The third-order valence-corrected chi connectivity index (χ3v) is 3.04. The molecule has 21 heavy (non-hydrogen) atoms. The first-order chi connectivity index (χ1) is 9.81. The van der Waals surface area contributed by atoms with Crippen LogP contribution in [-0.2, 0) is 9.59 Å². The smallest absolute Gasteiger partial charge is 0.195 e. The van der Waals surface area contributed by atoms with Gasteiger partial charge in [-0.2, -0.15) is 0 Å². The van der Waals surface area contributed by atoms with E-state index in [1.807, 2.05) is 0 Å². The van der Waals surface area contributed by atoms with Gasteiger partial charge in [0.1, 0.15) is 22.5 Å². The van der Waals surface area contributed by atoms with Crippen LogP contribution in [0.4, 0.5) is 4.39 Å². The topological polar surface area (TPSA) is 64.3 Å². The fraction of sp³-hybridized carbons (Fsp3) is 0.188. The summed E-state index contributed by atoms with van der Waals surface area (Å²) in [5.74, 6) is -1.20. The second kappa shape index (κ2) is 5.44. The van der Waals surface area contributed by atoms with Gasteiger partial charge in [0.25, 0.3) is 0 Å². The maximum absolute atomic E-state index is 13.8. The van der Waals surface area contributed by atoms with Gasteiger partial charge in [-0.15, -0.1) is 0 Å². The predicted molar refractivity (Wildman–Crippen MR) is 76.5 cm³/mol.